The van der Waals surface area contributed by atoms with Crippen LogP contribution in [0.3, 0.4) is 0 Å². The predicted molar refractivity (Wildman–Crippen MR) is 117 cm³/mol. The first-order valence-corrected chi connectivity index (χ1v) is 11.9. The van der Waals surface area contributed by atoms with E-state index in [1.807, 2.05) is 0 Å². The van der Waals surface area contributed by atoms with Crippen molar-refractivity contribution in [2.24, 2.45) is 11.8 Å². The second-order valence-electron chi connectivity index (χ2n) is 9.58. The molecule has 1 aromatic rings. The molecule has 4 rings (SSSR count). The van der Waals surface area contributed by atoms with E-state index in [9.17, 15) is 0 Å². The number of hydrogen-bond acceptors (Lipinski definition) is 3. The molecule has 0 aromatic heterocycles. The predicted octanol–water partition coefficient (Wildman–Crippen LogP) is 4.53. The standard InChI is InChI=1S/C25H40N2O/c1-21-6-2-3-7-24(21)12-16-26-14-10-22(11-15-26)18-27(25-8-4-5-9-25)19-23-13-17-28-20-23/h2-3,6-7,22-23,25H,4-5,8-20H2,1H3/t23-/m1/s1. The lowest BCUT2D eigenvalue weighted by atomic mass is 9.94. The first-order valence-electron chi connectivity index (χ1n) is 11.9. The highest BCUT2D eigenvalue weighted by atomic mass is 16.5. The Morgan fingerprint density at radius 3 is 2.43 bits per heavy atom. The van der Waals surface area contributed by atoms with Crippen LogP contribution in [-0.4, -0.2) is 61.8 Å². The zero-order chi connectivity index (χ0) is 19.2. The lowest BCUT2D eigenvalue weighted by Gasteiger charge is -2.38. The molecular formula is C25H40N2O. The summed E-state index contributed by atoms with van der Waals surface area (Å²) in [4.78, 5) is 5.59. The summed E-state index contributed by atoms with van der Waals surface area (Å²) in [6.45, 7) is 10.7. The van der Waals surface area contributed by atoms with Crippen LogP contribution in [0.4, 0.5) is 0 Å². The molecule has 3 nitrogen and oxygen atoms in total. The van der Waals surface area contributed by atoms with Gasteiger partial charge in [0, 0.05) is 32.3 Å². The monoisotopic (exact) mass is 384 g/mol. The summed E-state index contributed by atoms with van der Waals surface area (Å²) in [7, 11) is 0. The van der Waals surface area contributed by atoms with E-state index in [-0.39, 0.29) is 0 Å². The van der Waals surface area contributed by atoms with Gasteiger partial charge in [-0.25, -0.2) is 0 Å². The molecule has 0 radical (unpaired) electrons. The number of aryl methyl sites for hydroxylation is 1. The highest BCUT2D eigenvalue weighted by molar-refractivity contribution is 5.25. The summed E-state index contributed by atoms with van der Waals surface area (Å²) in [6.07, 6.45) is 11.0. The third-order valence-corrected chi connectivity index (χ3v) is 7.52. The van der Waals surface area contributed by atoms with Gasteiger partial charge >= 0.3 is 0 Å². The van der Waals surface area contributed by atoms with Crippen LogP contribution in [-0.2, 0) is 11.2 Å². The van der Waals surface area contributed by atoms with Crippen molar-refractivity contribution in [1.82, 2.24) is 9.80 Å². The first kappa shape index (κ1) is 20.4. The van der Waals surface area contributed by atoms with E-state index in [1.54, 1.807) is 0 Å². The molecule has 1 atom stereocenters. The fourth-order valence-electron chi connectivity index (χ4n) is 5.59. The molecule has 0 amide bonds. The number of likely N-dealkylation sites (tertiary alicyclic amines) is 1. The van der Waals surface area contributed by atoms with Crippen molar-refractivity contribution in [3.05, 3.63) is 35.4 Å². The Morgan fingerprint density at radius 2 is 1.71 bits per heavy atom. The van der Waals surface area contributed by atoms with Crippen LogP contribution in [0, 0.1) is 18.8 Å². The summed E-state index contributed by atoms with van der Waals surface area (Å²) in [5.41, 5.74) is 2.97. The van der Waals surface area contributed by atoms with E-state index in [0.717, 1.165) is 31.1 Å². The van der Waals surface area contributed by atoms with E-state index >= 15 is 0 Å². The lowest BCUT2D eigenvalue weighted by Crippen LogP contribution is -2.44. The number of hydrogen-bond donors (Lipinski definition) is 0. The summed E-state index contributed by atoms with van der Waals surface area (Å²) < 4.78 is 5.66. The minimum absolute atomic E-state index is 0.787. The summed E-state index contributed by atoms with van der Waals surface area (Å²) in [6, 6.07) is 9.74. The van der Waals surface area contributed by atoms with Gasteiger partial charge in [-0.3, -0.25) is 4.90 Å². The van der Waals surface area contributed by atoms with Crippen LogP contribution in [0.5, 0.6) is 0 Å². The van der Waals surface area contributed by atoms with Gasteiger partial charge in [0.15, 0.2) is 0 Å². The van der Waals surface area contributed by atoms with E-state index in [0.29, 0.717) is 0 Å². The van der Waals surface area contributed by atoms with Crippen LogP contribution in [0.2, 0.25) is 0 Å². The SMILES string of the molecule is Cc1ccccc1CCN1CCC(CN(C[C@H]2CCOC2)C2CCCC2)CC1. The van der Waals surface area contributed by atoms with Gasteiger partial charge in [0.1, 0.15) is 0 Å². The number of nitrogens with zero attached hydrogens (tertiary/aromatic N) is 2. The molecule has 0 unspecified atom stereocenters. The van der Waals surface area contributed by atoms with Crippen molar-refractivity contribution < 1.29 is 4.74 Å². The van der Waals surface area contributed by atoms with Gasteiger partial charge in [-0.2, -0.15) is 0 Å². The van der Waals surface area contributed by atoms with E-state index in [4.69, 9.17) is 4.74 Å². The molecule has 156 valence electrons. The second kappa shape index (κ2) is 10.2. The van der Waals surface area contributed by atoms with E-state index in [1.165, 1.54) is 95.2 Å². The van der Waals surface area contributed by atoms with Gasteiger partial charge in [-0.15, -0.1) is 0 Å². The molecular weight excluding hydrogens is 344 g/mol. The molecule has 2 heterocycles. The molecule has 28 heavy (non-hydrogen) atoms. The maximum atomic E-state index is 5.66. The van der Waals surface area contributed by atoms with Gasteiger partial charge < -0.3 is 9.64 Å². The fraction of sp³-hybridized carbons (Fsp3) is 0.760. The van der Waals surface area contributed by atoms with E-state index < -0.39 is 0 Å². The molecule has 0 N–H and O–H groups in total. The average Bonchev–Trinajstić information content (AvgIpc) is 3.42. The summed E-state index contributed by atoms with van der Waals surface area (Å²) in [5.74, 6) is 1.69. The Balaban J connectivity index is 1.23. The Morgan fingerprint density at radius 1 is 0.964 bits per heavy atom. The topological polar surface area (TPSA) is 15.7 Å². The molecule has 1 aliphatic carbocycles. The maximum absolute atomic E-state index is 5.66. The van der Waals surface area contributed by atoms with Crippen LogP contribution >= 0.6 is 0 Å². The Bertz CT molecular complexity index is 584. The zero-order valence-electron chi connectivity index (χ0n) is 18.0. The molecule has 3 heteroatoms. The molecule has 0 spiro atoms. The Hall–Kier alpha value is -0.900. The summed E-state index contributed by atoms with van der Waals surface area (Å²) >= 11 is 0. The van der Waals surface area contributed by atoms with Crippen LogP contribution in [0.25, 0.3) is 0 Å². The second-order valence-corrected chi connectivity index (χ2v) is 9.58. The van der Waals surface area contributed by atoms with Crippen molar-refractivity contribution in [2.45, 2.75) is 64.3 Å². The quantitative estimate of drug-likeness (QED) is 0.655. The van der Waals surface area contributed by atoms with Crippen LogP contribution in [0.15, 0.2) is 24.3 Å². The highest BCUT2D eigenvalue weighted by Gasteiger charge is 2.29. The highest BCUT2D eigenvalue weighted by Crippen LogP contribution is 2.28. The number of benzene rings is 1. The minimum Gasteiger partial charge on any atom is -0.381 e. The summed E-state index contributed by atoms with van der Waals surface area (Å²) in [5, 5.41) is 0. The van der Waals surface area contributed by atoms with Crippen molar-refractivity contribution in [2.75, 3.05) is 45.9 Å². The normalized spacial score (nSPS) is 25.1. The minimum atomic E-state index is 0.787. The van der Waals surface area contributed by atoms with Crippen molar-refractivity contribution in [3.63, 3.8) is 0 Å². The lowest BCUT2D eigenvalue weighted by molar-refractivity contribution is 0.0992. The van der Waals surface area contributed by atoms with Gasteiger partial charge in [0.2, 0.25) is 0 Å². The first-order chi connectivity index (χ1) is 13.8. The molecule has 3 aliphatic rings. The number of rotatable bonds is 8. The van der Waals surface area contributed by atoms with Gasteiger partial charge in [0.25, 0.3) is 0 Å². The molecule has 1 aromatic carbocycles. The van der Waals surface area contributed by atoms with Crippen LogP contribution < -0.4 is 0 Å². The van der Waals surface area contributed by atoms with Crippen molar-refractivity contribution in [1.29, 1.82) is 0 Å². The number of piperidine rings is 1. The molecule has 2 aliphatic heterocycles. The third kappa shape index (κ3) is 5.58. The largest absolute Gasteiger partial charge is 0.381 e. The van der Waals surface area contributed by atoms with E-state index in [2.05, 4.69) is 41.0 Å². The smallest absolute Gasteiger partial charge is 0.0507 e. The molecule has 3 fully saturated rings. The Labute approximate surface area is 172 Å². The molecule has 1 saturated carbocycles. The van der Waals surface area contributed by atoms with Gasteiger partial charge in [-0.1, -0.05) is 37.1 Å². The molecule has 2 saturated heterocycles. The zero-order valence-corrected chi connectivity index (χ0v) is 18.0. The average molecular weight is 385 g/mol. The van der Waals surface area contributed by atoms with Crippen molar-refractivity contribution in [3.8, 4) is 0 Å². The maximum Gasteiger partial charge on any atom is 0.0507 e. The Kier molecular flexibility index (Phi) is 7.44. The van der Waals surface area contributed by atoms with Gasteiger partial charge in [-0.05, 0) is 81.5 Å². The number of ether oxygens (including phenoxy) is 1. The molecule has 0 bridgehead atoms. The fourth-order valence-corrected chi connectivity index (χ4v) is 5.59. The van der Waals surface area contributed by atoms with Gasteiger partial charge in [0.05, 0.1) is 6.61 Å². The third-order valence-electron chi connectivity index (χ3n) is 7.52. The van der Waals surface area contributed by atoms with Crippen molar-refractivity contribution >= 4 is 0 Å². The van der Waals surface area contributed by atoms with Crippen LogP contribution in [0.1, 0.15) is 56.1 Å².